The Morgan fingerprint density at radius 2 is 2.30 bits per heavy atom. The Bertz CT molecular complexity index is 217. The molecule has 1 rings (SSSR count). The smallest absolute Gasteiger partial charge is 0.156 e. The van der Waals surface area contributed by atoms with Crippen LogP contribution in [0.2, 0.25) is 0 Å². The number of hydrogen-bond acceptors (Lipinski definition) is 2. The number of hydrogen-bond donors (Lipinski definition) is 1. The van der Waals surface area contributed by atoms with Crippen LogP contribution < -0.4 is 0 Å². The van der Waals surface area contributed by atoms with E-state index in [1.807, 2.05) is 13.8 Å². The molecule has 0 radical (unpaired) electrons. The monoisotopic (exact) mass is 140 g/mol. The van der Waals surface area contributed by atoms with Crippen LogP contribution in [0, 0.1) is 0 Å². The highest BCUT2D eigenvalue weighted by atomic mass is 16.3. The van der Waals surface area contributed by atoms with Gasteiger partial charge in [-0.1, -0.05) is 6.92 Å². The number of aromatic nitrogens is 2. The quantitative estimate of drug-likeness (QED) is 0.669. The summed E-state index contributed by atoms with van der Waals surface area (Å²) in [6.07, 6.45) is 2.44. The normalized spacial score (nSPS) is 10.2. The molecule has 0 spiro atoms. The first-order chi connectivity index (χ1) is 4.77. The van der Waals surface area contributed by atoms with Crippen molar-refractivity contribution >= 4 is 0 Å². The second-order valence-corrected chi connectivity index (χ2v) is 2.17. The fourth-order valence-electron chi connectivity index (χ4n) is 0.865. The highest BCUT2D eigenvalue weighted by Crippen LogP contribution is 2.13. The molecule has 0 aliphatic carbocycles. The minimum Gasteiger partial charge on any atom is -0.504 e. The number of nitrogens with zero attached hydrogens (tertiary/aromatic N) is 2. The Morgan fingerprint density at radius 1 is 1.60 bits per heavy atom. The van der Waals surface area contributed by atoms with Crippen LogP contribution in [0.5, 0.6) is 5.75 Å². The van der Waals surface area contributed by atoms with Gasteiger partial charge in [0.15, 0.2) is 5.75 Å². The van der Waals surface area contributed by atoms with Gasteiger partial charge in [-0.05, 0) is 13.3 Å². The zero-order chi connectivity index (χ0) is 7.56. The molecule has 0 saturated heterocycles. The van der Waals surface area contributed by atoms with Gasteiger partial charge in [-0.15, -0.1) is 0 Å². The van der Waals surface area contributed by atoms with E-state index in [-0.39, 0.29) is 0 Å². The lowest BCUT2D eigenvalue weighted by atomic mass is 10.3. The summed E-state index contributed by atoms with van der Waals surface area (Å²) in [5.41, 5.74) is 0.779. The molecule has 0 aliphatic rings. The summed E-state index contributed by atoms with van der Waals surface area (Å²) in [5, 5.41) is 13.3. The molecular formula is C7H12N2O. The predicted molar refractivity (Wildman–Crippen MR) is 38.9 cm³/mol. The maximum absolute atomic E-state index is 9.18. The summed E-state index contributed by atoms with van der Waals surface area (Å²) in [4.78, 5) is 0. The molecule has 10 heavy (non-hydrogen) atoms. The van der Waals surface area contributed by atoms with Crippen LogP contribution in [-0.2, 0) is 13.0 Å². The van der Waals surface area contributed by atoms with E-state index in [0.717, 1.165) is 18.7 Å². The molecule has 3 heteroatoms. The van der Waals surface area contributed by atoms with Crippen molar-refractivity contribution in [3.8, 4) is 5.75 Å². The highest BCUT2D eigenvalue weighted by molar-refractivity contribution is 5.22. The zero-order valence-electron chi connectivity index (χ0n) is 6.33. The van der Waals surface area contributed by atoms with Crippen molar-refractivity contribution in [1.29, 1.82) is 0 Å². The van der Waals surface area contributed by atoms with Crippen molar-refractivity contribution in [2.75, 3.05) is 0 Å². The molecular weight excluding hydrogens is 128 g/mol. The van der Waals surface area contributed by atoms with E-state index in [2.05, 4.69) is 5.10 Å². The molecule has 0 fully saturated rings. The third kappa shape index (κ3) is 1.12. The van der Waals surface area contributed by atoms with Crippen LogP contribution in [0.4, 0.5) is 0 Å². The molecule has 56 valence electrons. The Hall–Kier alpha value is -0.990. The van der Waals surface area contributed by atoms with Crippen molar-refractivity contribution < 1.29 is 5.11 Å². The summed E-state index contributed by atoms with van der Waals surface area (Å²) in [7, 11) is 0. The Morgan fingerprint density at radius 3 is 2.60 bits per heavy atom. The van der Waals surface area contributed by atoms with Gasteiger partial charge in [0.25, 0.3) is 0 Å². The number of rotatable bonds is 2. The predicted octanol–water partition coefficient (Wildman–Crippen LogP) is 1.17. The second-order valence-electron chi connectivity index (χ2n) is 2.17. The van der Waals surface area contributed by atoms with Gasteiger partial charge >= 0.3 is 0 Å². The average molecular weight is 140 g/mol. The summed E-state index contributed by atoms with van der Waals surface area (Å²) < 4.78 is 1.73. The van der Waals surface area contributed by atoms with Gasteiger partial charge < -0.3 is 5.11 Å². The minimum atomic E-state index is 0.310. The SMILES string of the molecule is CCc1nn(CC)cc1O. The lowest BCUT2D eigenvalue weighted by molar-refractivity contribution is 0.468. The Labute approximate surface area is 60.3 Å². The molecule has 0 atom stereocenters. The van der Waals surface area contributed by atoms with E-state index < -0.39 is 0 Å². The van der Waals surface area contributed by atoms with Crippen molar-refractivity contribution in [2.24, 2.45) is 0 Å². The summed E-state index contributed by atoms with van der Waals surface area (Å²) in [6, 6.07) is 0. The van der Waals surface area contributed by atoms with Gasteiger partial charge in [0.2, 0.25) is 0 Å². The van der Waals surface area contributed by atoms with E-state index in [9.17, 15) is 5.11 Å². The van der Waals surface area contributed by atoms with E-state index in [4.69, 9.17) is 0 Å². The van der Waals surface area contributed by atoms with Crippen LogP contribution in [0.1, 0.15) is 19.5 Å². The van der Waals surface area contributed by atoms with Crippen LogP contribution in [0.3, 0.4) is 0 Å². The van der Waals surface area contributed by atoms with Gasteiger partial charge in [0.1, 0.15) is 5.69 Å². The zero-order valence-corrected chi connectivity index (χ0v) is 6.33. The van der Waals surface area contributed by atoms with E-state index in [0.29, 0.717) is 5.75 Å². The fourth-order valence-corrected chi connectivity index (χ4v) is 0.865. The second kappa shape index (κ2) is 2.73. The lowest BCUT2D eigenvalue weighted by Gasteiger charge is -1.89. The molecule has 1 heterocycles. The van der Waals surface area contributed by atoms with Crippen LogP contribution in [0.25, 0.3) is 0 Å². The van der Waals surface area contributed by atoms with Crippen molar-refractivity contribution in [2.45, 2.75) is 26.8 Å². The maximum Gasteiger partial charge on any atom is 0.156 e. The fraction of sp³-hybridized carbons (Fsp3) is 0.571. The van der Waals surface area contributed by atoms with Gasteiger partial charge in [-0.3, -0.25) is 4.68 Å². The first kappa shape index (κ1) is 7.12. The summed E-state index contributed by atoms with van der Waals surface area (Å²) in [6.45, 7) is 4.78. The van der Waals surface area contributed by atoms with E-state index in [1.54, 1.807) is 10.9 Å². The van der Waals surface area contributed by atoms with E-state index >= 15 is 0 Å². The van der Waals surface area contributed by atoms with Crippen molar-refractivity contribution in [3.05, 3.63) is 11.9 Å². The molecule has 3 nitrogen and oxygen atoms in total. The van der Waals surface area contributed by atoms with Crippen molar-refractivity contribution in [3.63, 3.8) is 0 Å². The molecule has 1 aromatic heterocycles. The largest absolute Gasteiger partial charge is 0.504 e. The summed E-state index contributed by atoms with van der Waals surface area (Å²) in [5.74, 6) is 0.310. The molecule has 0 bridgehead atoms. The number of aryl methyl sites for hydroxylation is 2. The number of aromatic hydroxyl groups is 1. The Balaban J connectivity index is 2.92. The molecule has 0 aliphatic heterocycles. The minimum absolute atomic E-state index is 0.310. The lowest BCUT2D eigenvalue weighted by Crippen LogP contribution is -1.94. The van der Waals surface area contributed by atoms with Gasteiger partial charge in [-0.2, -0.15) is 5.10 Å². The Kier molecular flexibility index (Phi) is 1.94. The highest BCUT2D eigenvalue weighted by Gasteiger charge is 2.02. The first-order valence-corrected chi connectivity index (χ1v) is 3.53. The third-order valence-corrected chi connectivity index (χ3v) is 1.48. The molecule has 0 aromatic carbocycles. The van der Waals surface area contributed by atoms with Crippen LogP contribution >= 0.6 is 0 Å². The standard InChI is InChI=1S/C7H12N2O/c1-3-6-7(10)5-9(4-2)8-6/h5,10H,3-4H2,1-2H3. The average Bonchev–Trinajstić information content (AvgIpc) is 2.30. The van der Waals surface area contributed by atoms with Crippen LogP contribution in [0.15, 0.2) is 6.20 Å². The van der Waals surface area contributed by atoms with Gasteiger partial charge in [0, 0.05) is 6.54 Å². The first-order valence-electron chi connectivity index (χ1n) is 3.53. The van der Waals surface area contributed by atoms with Gasteiger partial charge in [-0.25, -0.2) is 0 Å². The maximum atomic E-state index is 9.18. The third-order valence-electron chi connectivity index (χ3n) is 1.48. The van der Waals surface area contributed by atoms with Crippen molar-refractivity contribution in [1.82, 2.24) is 9.78 Å². The van der Waals surface area contributed by atoms with Crippen LogP contribution in [-0.4, -0.2) is 14.9 Å². The summed E-state index contributed by atoms with van der Waals surface area (Å²) >= 11 is 0. The van der Waals surface area contributed by atoms with E-state index in [1.165, 1.54) is 0 Å². The molecule has 0 amide bonds. The molecule has 0 saturated carbocycles. The molecule has 0 unspecified atom stereocenters. The molecule has 1 aromatic rings. The van der Waals surface area contributed by atoms with Gasteiger partial charge in [0.05, 0.1) is 6.20 Å². The molecule has 1 N–H and O–H groups in total. The topological polar surface area (TPSA) is 38.0 Å².